The zero-order chi connectivity index (χ0) is 13.4. The zero-order valence-electron chi connectivity index (χ0n) is 10.4. The largest absolute Gasteiger partial charge is 0.322 e. The number of amides is 2. The molecule has 100 valence electrons. The predicted octanol–water partition coefficient (Wildman–Crippen LogP) is 3.36. The van der Waals surface area contributed by atoms with Crippen molar-refractivity contribution in [2.24, 2.45) is 5.92 Å². The molecule has 1 aromatic rings. The number of carbonyl (C=O) groups is 1. The number of fused-ring (bicyclic) bond motifs is 1. The smallest absolute Gasteiger partial charge is 0.316 e. The van der Waals surface area contributed by atoms with E-state index < -0.39 is 0 Å². The lowest BCUT2D eigenvalue weighted by atomic mass is 9.99. The third kappa shape index (κ3) is 2.35. The Morgan fingerprint density at radius 3 is 2.95 bits per heavy atom. The summed E-state index contributed by atoms with van der Waals surface area (Å²) < 4.78 is 0. The van der Waals surface area contributed by atoms with Crippen LogP contribution in [-0.2, 0) is 6.54 Å². The lowest BCUT2D eigenvalue weighted by Gasteiger charge is -2.38. The second-order valence-corrected chi connectivity index (χ2v) is 5.97. The van der Waals surface area contributed by atoms with Crippen molar-refractivity contribution in [3.05, 3.63) is 34.9 Å². The second-order valence-electron chi connectivity index (χ2n) is 5.12. The second kappa shape index (κ2) is 5.10. The maximum Gasteiger partial charge on any atom is 0.322 e. The molecule has 1 saturated carbocycles. The maximum absolute atomic E-state index is 12.1. The van der Waals surface area contributed by atoms with Crippen molar-refractivity contribution in [2.45, 2.75) is 31.8 Å². The van der Waals surface area contributed by atoms with E-state index in [0.29, 0.717) is 22.5 Å². The molecule has 1 aliphatic carbocycles. The Balaban J connectivity index is 1.85. The molecule has 1 heterocycles. The molecule has 1 aliphatic heterocycles. The lowest BCUT2D eigenvalue weighted by molar-refractivity contribution is 0.159. The minimum atomic E-state index is -0.0898. The number of urea groups is 1. The highest BCUT2D eigenvalue weighted by Crippen LogP contribution is 2.34. The number of nitrogens with one attached hydrogen (secondary N) is 1. The van der Waals surface area contributed by atoms with Crippen molar-refractivity contribution in [1.29, 1.82) is 0 Å². The summed E-state index contributed by atoms with van der Waals surface area (Å²) in [7, 11) is 0. The number of benzene rings is 1. The zero-order valence-corrected chi connectivity index (χ0v) is 12.0. The van der Waals surface area contributed by atoms with E-state index >= 15 is 0 Å². The average molecular weight is 295 g/mol. The summed E-state index contributed by atoms with van der Waals surface area (Å²) in [6.45, 7) is 0.551. The minimum absolute atomic E-state index is 0.0898. The molecular weight excluding hydrogens is 280 g/mol. The number of halogens is 1. The monoisotopic (exact) mass is 294 g/mol. The van der Waals surface area contributed by atoms with Crippen LogP contribution in [0.3, 0.4) is 0 Å². The van der Waals surface area contributed by atoms with Crippen LogP contribution in [0, 0.1) is 5.92 Å². The molecule has 3 nitrogen and oxygen atoms in total. The van der Waals surface area contributed by atoms with Crippen molar-refractivity contribution < 1.29 is 4.79 Å². The predicted molar refractivity (Wildman–Crippen MR) is 79.3 cm³/mol. The van der Waals surface area contributed by atoms with E-state index in [-0.39, 0.29) is 12.1 Å². The van der Waals surface area contributed by atoms with Crippen LogP contribution >= 0.6 is 23.8 Å². The molecule has 2 atom stereocenters. The first-order valence-corrected chi connectivity index (χ1v) is 7.30. The van der Waals surface area contributed by atoms with Gasteiger partial charge in [0.05, 0.1) is 4.99 Å². The molecule has 0 bridgehead atoms. The van der Waals surface area contributed by atoms with E-state index in [4.69, 9.17) is 23.8 Å². The third-order valence-corrected chi connectivity index (χ3v) is 4.78. The molecule has 1 N–H and O–H groups in total. The van der Waals surface area contributed by atoms with Gasteiger partial charge in [0.2, 0.25) is 0 Å². The van der Waals surface area contributed by atoms with Crippen LogP contribution in [0.2, 0.25) is 5.02 Å². The van der Waals surface area contributed by atoms with Crippen LogP contribution in [0.1, 0.15) is 24.8 Å². The molecule has 0 radical (unpaired) electrons. The van der Waals surface area contributed by atoms with Crippen LogP contribution in [0.15, 0.2) is 24.3 Å². The van der Waals surface area contributed by atoms with E-state index in [1.807, 2.05) is 29.2 Å². The average Bonchev–Trinajstić information content (AvgIpc) is 2.86. The van der Waals surface area contributed by atoms with E-state index in [1.165, 1.54) is 0 Å². The van der Waals surface area contributed by atoms with Gasteiger partial charge in [0.1, 0.15) is 0 Å². The molecule has 5 heteroatoms. The summed E-state index contributed by atoms with van der Waals surface area (Å²) in [4.78, 5) is 14.7. The Labute approximate surface area is 122 Å². The summed E-state index contributed by atoms with van der Waals surface area (Å²) in [6.07, 6.45) is 3.23. The van der Waals surface area contributed by atoms with Gasteiger partial charge in [-0.05, 0) is 24.5 Å². The summed E-state index contributed by atoms with van der Waals surface area (Å²) in [5.74, 6) is 0.315. The van der Waals surface area contributed by atoms with Gasteiger partial charge in [0.15, 0.2) is 0 Å². The highest BCUT2D eigenvalue weighted by Gasteiger charge is 2.41. The van der Waals surface area contributed by atoms with Gasteiger partial charge in [-0.25, -0.2) is 4.79 Å². The van der Waals surface area contributed by atoms with E-state index in [1.54, 1.807) is 0 Å². The standard InChI is InChI=1S/C14H15ClN2OS/c15-11-6-2-1-4-9(11)8-17-12-7-3-5-10(12)13(19)16-14(17)18/h1-2,4,6,10,12H,3,5,7-8H2,(H,16,18,19). The Morgan fingerprint density at radius 2 is 2.16 bits per heavy atom. The Morgan fingerprint density at radius 1 is 1.37 bits per heavy atom. The van der Waals surface area contributed by atoms with Crippen molar-refractivity contribution >= 4 is 34.8 Å². The van der Waals surface area contributed by atoms with Gasteiger partial charge in [-0.3, -0.25) is 0 Å². The summed E-state index contributed by atoms with van der Waals surface area (Å²) in [5, 5.41) is 3.52. The van der Waals surface area contributed by atoms with Crippen LogP contribution in [-0.4, -0.2) is 22.0 Å². The first kappa shape index (κ1) is 12.9. The molecule has 2 fully saturated rings. The van der Waals surface area contributed by atoms with Crippen LogP contribution < -0.4 is 5.32 Å². The van der Waals surface area contributed by atoms with E-state index in [9.17, 15) is 4.79 Å². The van der Waals surface area contributed by atoms with Gasteiger partial charge >= 0.3 is 6.03 Å². The molecule has 2 amide bonds. The van der Waals surface area contributed by atoms with Gasteiger partial charge < -0.3 is 10.2 Å². The van der Waals surface area contributed by atoms with Crippen molar-refractivity contribution in [3.63, 3.8) is 0 Å². The van der Waals surface area contributed by atoms with Gasteiger partial charge in [-0.15, -0.1) is 0 Å². The molecule has 2 aliphatic rings. The van der Waals surface area contributed by atoms with Gasteiger partial charge in [0, 0.05) is 23.5 Å². The minimum Gasteiger partial charge on any atom is -0.316 e. The van der Waals surface area contributed by atoms with Crippen molar-refractivity contribution in [1.82, 2.24) is 10.2 Å². The van der Waals surface area contributed by atoms with Gasteiger partial charge in [-0.1, -0.05) is 48.4 Å². The van der Waals surface area contributed by atoms with Gasteiger partial charge in [-0.2, -0.15) is 0 Å². The first-order chi connectivity index (χ1) is 9.16. The third-order valence-electron chi connectivity index (χ3n) is 4.01. The molecule has 0 spiro atoms. The molecule has 19 heavy (non-hydrogen) atoms. The molecule has 2 unspecified atom stereocenters. The lowest BCUT2D eigenvalue weighted by Crippen LogP contribution is -2.57. The SMILES string of the molecule is O=C1NC(=S)C2CCCC2N1Cc1ccccc1Cl. The van der Waals surface area contributed by atoms with Gasteiger partial charge in [0.25, 0.3) is 0 Å². The number of rotatable bonds is 2. The molecular formula is C14H15ClN2OS. The van der Waals surface area contributed by atoms with Crippen molar-refractivity contribution in [2.75, 3.05) is 0 Å². The van der Waals surface area contributed by atoms with E-state index in [0.717, 1.165) is 24.8 Å². The highest BCUT2D eigenvalue weighted by molar-refractivity contribution is 7.80. The molecule has 0 aromatic heterocycles. The van der Waals surface area contributed by atoms with Crippen LogP contribution in [0.4, 0.5) is 4.79 Å². The Kier molecular flexibility index (Phi) is 3.46. The normalized spacial score (nSPS) is 26.3. The van der Waals surface area contributed by atoms with Crippen LogP contribution in [0.25, 0.3) is 0 Å². The van der Waals surface area contributed by atoms with Crippen LogP contribution in [0.5, 0.6) is 0 Å². The number of nitrogens with zero attached hydrogens (tertiary/aromatic N) is 1. The summed E-state index contributed by atoms with van der Waals surface area (Å²) in [5.41, 5.74) is 0.984. The fraction of sp³-hybridized carbons (Fsp3) is 0.429. The van der Waals surface area contributed by atoms with E-state index in [2.05, 4.69) is 5.32 Å². The fourth-order valence-electron chi connectivity index (χ4n) is 3.04. The summed E-state index contributed by atoms with van der Waals surface area (Å²) in [6, 6.07) is 7.81. The topological polar surface area (TPSA) is 32.3 Å². The molecule has 3 rings (SSSR count). The molecule has 1 aromatic carbocycles. The summed E-state index contributed by atoms with van der Waals surface area (Å²) >= 11 is 11.5. The Bertz CT molecular complexity index is 534. The number of hydrogen-bond donors (Lipinski definition) is 1. The number of hydrogen-bond acceptors (Lipinski definition) is 2. The maximum atomic E-state index is 12.1. The quantitative estimate of drug-likeness (QED) is 0.848. The fourth-order valence-corrected chi connectivity index (χ4v) is 3.60. The number of carbonyl (C=O) groups excluding carboxylic acids is 1. The van der Waals surface area contributed by atoms with Crippen molar-refractivity contribution in [3.8, 4) is 0 Å². The highest BCUT2D eigenvalue weighted by atomic mass is 35.5. The Hall–Kier alpha value is -1.13. The number of thiocarbonyl (C=S) groups is 1. The molecule has 1 saturated heterocycles. The first-order valence-electron chi connectivity index (χ1n) is 6.51.